The molecule has 0 spiro atoms. The molecule has 0 aliphatic rings. The van der Waals surface area contributed by atoms with Crippen molar-refractivity contribution in [2.24, 2.45) is 0 Å². The van der Waals surface area contributed by atoms with E-state index in [1.807, 2.05) is 0 Å². The first-order chi connectivity index (χ1) is 14.3. The molecular formula is C19H12ClF3N6O. The molecule has 11 heteroatoms. The van der Waals surface area contributed by atoms with Crippen LogP contribution in [0.3, 0.4) is 0 Å². The fourth-order valence-corrected chi connectivity index (χ4v) is 3.00. The summed E-state index contributed by atoms with van der Waals surface area (Å²) in [6.07, 6.45) is -0.00144. The minimum absolute atomic E-state index is 0.0367. The number of alkyl halides is 3. The molecular weight excluding hydrogens is 421 g/mol. The second-order valence-electron chi connectivity index (χ2n) is 6.16. The standard InChI is InChI=1S/C19H12ClF3N6O/c20-15-6-3-12(7-14(15)19(21,22)23)28-18(30)27-11-1-4-13(5-2-11)29-10-26-16-8-24-9-25-17(16)29/h1-10H,(H2,27,28,30). The number of amides is 2. The van der Waals surface area contributed by atoms with Gasteiger partial charge in [0.15, 0.2) is 5.65 Å². The Morgan fingerprint density at radius 3 is 2.43 bits per heavy atom. The van der Waals surface area contributed by atoms with Gasteiger partial charge in [-0.05, 0) is 42.5 Å². The second kappa shape index (κ2) is 7.64. The third-order valence-electron chi connectivity index (χ3n) is 4.15. The normalized spacial score (nSPS) is 11.5. The number of imidazole rings is 1. The highest BCUT2D eigenvalue weighted by Crippen LogP contribution is 2.36. The largest absolute Gasteiger partial charge is 0.417 e. The van der Waals surface area contributed by atoms with E-state index in [4.69, 9.17) is 11.6 Å². The van der Waals surface area contributed by atoms with Gasteiger partial charge in [0.2, 0.25) is 0 Å². The number of hydrogen-bond acceptors (Lipinski definition) is 4. The topological polar surface area (TPSA) is 84.7 Å². The summed E-state index contributed by atoms with van der Waals surface area (Å²) in [6.45, 7) is 0. The summed E-state index contributed by atoms with van der Waals surface area (Å²) in [5, 5.41) is 4.47. The number of aromatic nitrogens is 4. The first kappa shape index (κ1) is 19.6. The lowest BCUT2D eigenvalue weighted by atomic mass is 10.2. The number of rotatable bonds is 3. The van der Waals surface area contributed by atoms with Crippen molar-refractivity contribution >= 4 is 40.2 Å². The molecule has 0 unspecified atom stereocenters. The van der Waals surface area contributed by atoms with Crippen molar-refractivity contribution < 1.29 is 18.0 Å². The summed E-state index contributed by atoms with van der Waals surface area (Å²) in [6, 6.07) is 9.21. The molecule has 7 nitrogen and oxygen atoms in total. The van der Waals surface area contributed by atoms with Gasteiger partial charge in [-0.2, -0.15) is 13.2 Å². The first-order valence-corrected chi connectivity index (χ1v) is 8.87. The van der Waals surface area contributed by atoms with Crippen molar-refractivity contribution in [3.05, 3.63) is 71.9 Å². The molecule has 2 aromatic heterocycles. The maximum absolute atomic E-state index is 12.9. The Balaban J connectivity index is 1.47. The summed E-state index contributed by atoms with van der Waals surface area (Å²) in [5.74, 6) is 0. The van der Waals surface area contributed by atoms with Gasteiger partial charge >= 0.3 is 12.2 Å². The second-order valence-corrected chi connectivity index (χ2v) is 6.57. The lowest BCUT2D eigenvalue weighted by Gasteiger charge is -2.12. The van der Waals surface area contributed by atoms with Crippen LogP contribution in [-0.4, -0.2) is 25.6 Å². The summed E-state index contributed by atoms with van der Waals surface area (Å²) in [5.41, 5.74) is 1.41. The highest BCUT2D eigenvalue weighted by Gasteiger charge is 2.33. The van der Waals surface area contributed by atoms with Crippen LogP contribution < -0.4 is 10.6 Å². The molecule has 0 aliphatic carbocycles. The quantitative estimate of drug-likeness (QED) is 0.470. The third kappa shape index (κ3) is 4.03. The molecule has 2 amide bonds. The van der Waals surface area contributed by atoms with Crippen LogP contribution in [0.1, 0.15) is 5.56 Å². The molecule has 0 aliphatic heterocycles. The molecule has 152 valence electrons. The molecule has 30 heavy (non-hydrogen) atoms. The van der Waals surface area contributed by atoms with E-state index in [1.165, 1.54) is 12.4 Å². The van der Waals surface area contributed by atoms with E-state index in [-0.39, 0.29) is 5.69 Å². The zero-order valence-electron chi connectivity index (χ0n) is 15.0. The van der Waals surface area contributed by atoms with Crippen molar-refractivity contribution in [3.63, 3.8) is 0 Å². The van der Waals surface area contributed by atoms with Gasteiger partial charge in [0, 0.05) is 17.1 Å². The minimum Gasteiger partial charge on any atom is -0.308 e. The number of nitrogens with zero attached hydrogens (tertiary/aromatic N) is 4. The molecule has 0 radical (unpaired) electrons. The highest BCUT2D eigenvalue weighted by molar-refractivity contribution is 6.31. The number of urea groups is 1. The minimum atomic E-state index is -4.62. The zero-order chi connectivity index (χ0) is 21.3. The zero-order valence-corrected chi connectivity index (χ0v) is 15.7. The smallest absolute Gasteiger partial charge is 0.308 e. The van der Waals surface area contributed by atoms with Gasteiger partial charge in [0.25, 0.3) is 0 Å². The number of hydrogen-bond donors (Lipinski definition) is 2. The molecule has 0 saturated heterocycles. The molecule has 0 atom stereocenters. The summed E-state index contributed by atoms with van der Waals surface area (Å²) < 4.78 is 40.6. The van der Waals surface area contributed by atoms with E-state index < -0.39 is 22.8 Å². The van der Waals surface area contributed by atoms with Gasteiger partial charge < -0.3 is 10.6 Å². The monoisotopic (exact) mass is 432 g/mol. The molecule has 0 bridgehead atoms. The predicted molar refractivity (Wildman–Crippen MR) is 106 cm³/mol. The number of carbonyl (C=O) groups is 1. The number of anilines is 2. The first-order valence-electron chi connectivity index (χ1n) is 8.49. The van der Waals surface area contributed by atoms with Crippen molar-refractivity contribution in [2.45, 2.75) is 6.18 Å². The van der Waals surface area contributed by atoms with Gasteiger partial charge in [-0.15, -0.1) is 0 Å². The Hall–Kier alpha value is -3.66. The molecule has 4 rings (SSSR count). The van der Waals surface area contributed by atoms with Crippen molar-refractivity contribution in [3.8, 4) is 5.69 Å². The SMILES string of the molecule is O=C(Nc1ccc(-n2cnc3cncnc32)cc1)Nc1ccc(Cl)c(C(F)(F)F)c1. The van der Waals surface area contributed by atoms with Gasteiger partial charge in [0.1, 0.15) is 18.2 Å². The van der Waals surface area contributed by atoms with E-state index in [9.17, 15) is 18.0 Å². The average molecular weight is 433 g/mol. The molecule has 2 N–H and O–H groups in total. The Kier molecular flexibility index (Phi) is 5.00. The van der Waals surface area contributed by atoms with Crippen LogP contribution in [0.5, 0.6) is 0 Å². The Morgan fingerprint density at radius 1 is 1.00 bits per heavy atom. The Bertz CT molecular complexity index is 1220. The highest BCUT2D eigenvalue weighted by atomic mass is 35.5. The van der Waals surface area contributed by atoms with Gasteiger partial charge in [-0.3, -0.25) is 4.57 Å². The number of benzene rings is 2. The van der Waals surface area contributed by atoms with E-state index in [2.05, 4.69) is 25.6 Å². The van der Waals surface area contributed by atoms with Crippen LogP contribution in [0.25, 0.3) is 16.9 Å². The average Bonchev–Trinajstić information content (AvgIpc) is 3.13. The summed E-state index contributed by atoms with van der Waals surface area (Å²) in [7, 11) is 0. The number of nitrogens with one attached hydrogen (secondary N) is 2. The van der Waals surface area contributed by atoms with Crippen molar-refractivity contribution in [2.75, 3.05) is 10.6 Å². The predicted octanol–water partition coefficient (Wildman–Crippen LogP) is 5.13. The van der Waals surface area contributed by atoms with Gasteiger partial charge in [0.05, 0.1) is 16.8 Å². The van der Waals surface area contributed by atoms with Crippen molar-refractivity contribution in [1.29, 1.82) is 0 Å². The Morgan fingerprint density at radius 2 is 1.70 bits per heavy atom. The van der Waals surface area contributed by atoms with Gasteiger partial charge in [-0.25, -0.2) is 19.7 Å². The molecule has 0 fully saturated rings. The maximum atomic E-state index is 12.9. The molecule has 2 heterocycles. The lowest BCUT2D eigenvalue weighted by molar-refractivity contribution is -0.137. The van der Waals surface area contributed by atoms with E-state index in [1.54, 1.807) is 41.4 Å². The lowest BCUT2D eigenvalue weighted by Crippen LogP contribution is -2.20. The van der Waals surface area contributed by atoms with Crippen LogP contribution in [-0.2, 0) is 6.18 Å². The maximum Gasteiger partial charge on any atom is 0.417 e. The van der Waals surface area contributed by atoms with Crippen LogP contribution >= 0.6 is 11.6 Å². The summed E-state index contributed by atoms with van der Waals surface area (Å²) >= 11 is 5.58. The fraction of sp³-hybridized carbons (Fsp3) is 0.0526. The van der Waals surface area contributed by atoms with Crippen LogP contribution in [0.2, 0.25) is 5.02 Å². The number of halogens is 4. The fourth-order valence-electron chi connectivity index (χ4n) is 2.78. The van der Waals surface area contributed by atoms with Crippen LogP contribution in [0.4, 0.5) is 29.3 Å². The van der Waals surface area contributed by atoms with E-state index in [0.717, 1.165) is 17.8 Å². The van der Waals surface area contributed by atoms with E-state index in [0.29, 0.717) is 16.9 Å². The summed E-state index contributed by atoms with van der Waals surface area (Å²) in [4.78, 5) is 24.5. The Labute approximate surface area is 172 Å². The number of fused-ring (bicyclic) bond motifs is 1. The van der Waals surface area contributed by atoms with Crippen molar-refractivity contribution in [1.82, 2.24) is 19.5 Å². The van der Waals surface area contributed by atoms with Crippen LogP contribution in [0, 0.1) is 0 Å². The third-order valence-corrected chi connectivity index (χ3v) is 4.48. The van der Waals surface area contributed by atoms with Gasteiger partial charge in [-0.1, -0.05) is 11.6 Å². The molecule has 4 aromatic rings. The molecule has 2 aromatic carbocycles. The van der Waals surface area contributed by atoms with E-state index >= 15 is 0 Å². The molecule has 0 saturated carbocycles. The number of carbonyl (C=O) groups excluding carboxylic acids is 1. The van der Waals surface area contributed by atoms with Crippen LogP contribution in [0.15, 0.2) is 61.3 Å².